The molecule has 0 aliphatic rings. The van der Waals surface area contributed by atoms with Crippen molar-refractivity contribution in [3.05, 3.63) is 47.8 Å². The Morgan fingerprint density at radius 3 is 2.62 bits per heavy atom. The fourth-order valence-electron chi connectivity index (χ4n) is 2.45. The molecule has 0 fully saturated rings. The molecule has 0 bridgehead atoms. The fraction of sp³-hybridized carbons (Fsp3) is 0.412. The van der Waals surface area contributed by atoms with E-state index < -0.39 is 11.7 Å². The van der Waals surface area contributed by atoms with E-state index in [0.717, 1.165) is 25.0 Å². The number of amides is 1. The smallest absolute Gasteiger partial charge is 0.323 e. The van der Waals surface area contributed by atoms with E-state index in [1.165, 1.54) is 16.9 Å². The maximum atomic E-state index is 12.7. The van der Waals surface area contributed by atoms with Crippen molar-refractivity contribution in [2.45, 2.75) is 39.4 Å². The normalized spacial score (nSPS) is 11.8. The van der Waals surface area contributed by atoms with Crippen LogP contribution in [-0.2, 0) is 17.5 Å². The molecular weight excluding hydrogens is 319 g/mol. The molecule has 0 saturated carbocycles. The number of hydrogen-bond donors (Lipinski definition) is 1. The zero-order chi connectivity index (χ0) is 17.7. The highest BCUT2D eigenvalue weighted by Gasteiger charge is 2.30. The maximum Gasteiger partial charge on any atom is 0.416 e. The quantitative estimate of drug-likeness (QED) is 0.852. The molecule has 0 saturated heterocycles. The fourth-order valence-corrected chi connectivity index (χ4v) is 2.45. The van der Waals surface area contributed by atoms with Crippen LogP contribution in [0.15, 0.2) is 36.7 Å². The number of carbonyl (C=O) groups excluding carboxylic acids is 1. The zero-order valence-corrected chi connectivity index (χ0v) is 13.6. The van der Waals surface area contributed by atoms with Crippen molar-refractivity contribution in [2.75, 3.05) is 5.32 Å². The van der Waals surface area contributed by atoms with Crippen molar-refractivity contribution in [2.24, 2.45) is 5.92 Å². The van der Waals surface area contributed by atoms with Gasteiger partial charge in [0, 0.05) is 12.1 Å². The molecule has 0 atom stereocenters. The highest BCUT2D eigenvalue weighted by Crippen LogP contribution is 2.29. The number of carbonyl (C=O) groups is 1. The molecule has 4 nitrogen and oxygen atoms in total. The Balaban J connectivity index is 2.05. The number of anilines is 1. The molecular formula is C17H20F3N3O. The second-order valence-electron chi connectivity index (χ2n) is 5.63. The van der Waals surface area contributed by atoms with Crippen LogP contribution in [-0.4, -0.2) is 15.7 Å². The van der Waals surface area contributed by atoms with Gasteiger partial charge in [0.1, 0.15) is 0 Å². The lowest BCUT2D eigenvalue weighted by molar-refractivity contribution is -0.137. The molecule has 0 aliphatic heterocycles. The van der Waals surface area contributed by atoms with E-state index in [-0.39, 0.29) is 18.4 Å². The molecule has 1 aromatic carbocycles. The second kappa shape index (κ2) is 7.51. The summed E-state index contributed by atoms with van der Waals surface area (Å²) in [5.74, 6) is -0.129. The number of alkyl halides is 3. The lowest BCUT2D eigenvalue weighted by atomic mass is 10.0. The monoisotopic (exact) mass is 339 g/mol. The van der Waals surface area contributed by atoms with Crippen molar-refractivity contribution in [3.63, 3.8) is 0 Å². The van der Waals surface area contributed by atoms with Crippen molar-refractivity contribution in [1.82, 2.24) is 9.78 Å². The van der Waals surface area contributed by atoms with Gasteiger partial charge < -0.3 is 5.32 Å². The molecule has 1 N–H and O–H groups in total. The van der Waals surface area contributed by atoms with Crippen LogP contribution in [0.5, 0.6) is 0 Å². The Morgan fingerprint density at radius 2 is 2.00 bits per heavy atom. The van der Waals surface area contributed by atoms with Crippen LogP contribution in [0, 0.1) is 5.92 Å². The summed E-state index contributed by atoms with van der Waals surface area (Å²) in [6, 6.07) is 5.12. The van der Waals surface area contributed by atoms with E-state index in [1.54, 1.807) is 12.3 Å². The summed E-state index contributed by atoms with van der Waals surface area (Å²) in [7, 11) is 0. The maximum absolute atomic E-state index is 12.7. The van der Waals surface area contributed by atoms with Gasteiger partial charge in [0.25, 0.3) is 0 Å². The van der Waals surface area contributed by atoms with Crippen LogP contribution in [0.1, 0.15) is 37.8 Å². The Labute approximate surface area is 138 Å². The summed E-state index contributed by atoms with van der Waals surface area (Å²) in [6.45, 7) is 4.10. The zero-order valence-electron chi connectivity index (χ0n) is 13.6. The number of halogens is 3. The predicted molar refractivity (Wildman–Crippen MR) is 85.5 cm³/mol. The van der Waals surface area contributed by atoms with Gasteiger partial charge in [0.15, 0.2) is 0 Å². The van der Waals surface area contributed by atoms with Crippen LogP contribution >= 0.6 is 0 Å². The standard InChI is InChI=1S/C17H20F3N3O/c1-3-13(4-2)16(24)22-15-9-21-23(11-15)10-12-6-5-7-14(8-12)17(18,19)20/h5-9,11,13H,3-4,10H2,1-2H3,(H,22,24). The predicted octanol–water partition coefficient (Wildman–Crippen LogP) is 4.32. The number of nitrogens with one attached hydrogen (secondary N) is 1. The lowest BCUT2D eigenvalue weighted by Gasteiger charge is -2.11. The molecule has 1 amide bonds. The summed E-state index contributed by atoms with van der Waals surface area (Å²) in [4.78, 5) is 12.0. The van der Waals surface area contributed by atoms with Gasteiger partial charge in [-0.25, -0.2) is 0 Å². The summed E-state index contributed by atoms with van der Waals surface area (Å²) < 4.78 is 39.7. The largest absolute Gasteiger partial charge is 0.416 e. The first kappa shape index (κ1) is 18.0. The number of rotatable bonds is 6. The second-order valence-corrected chi connectivity index (χ2v) is 5.63. The summed E-state index contributed by atoms with van der Waals surface area (Å²) in [5, 5.41) is 6.87. The Hall–Kier alpha value is -2.31. The van der Waals surface area contributed by atoms with Gasteiger partial charge in [-0.3, -0.25) is 9.48 Å². The Morgan fingerprint density at radius 1 is 1.29 bits per heavy atom. The Bertz CT molecular complexity index is 690. The molecule has 1 aromatic heterocycles. The molecule has 0 aliphatic carbocycles. The van der Waals surface area contributed by atoms with Gasteiger partial charge >= 0.3 is 6.18 Å². The van der Waals surface area contributed by atoms with Crippen molar-refractivity contribution < 1.29 is 18.0 Å². The van der Waals surface area contributed by atoms with Gasteiger partial charge in [0.2, 0.25) is 5.91 Å². The highest BCUT2D eigenvalue weighted by atomic mass is 19.4. The first-order valence-electron chi connectivity index (χ1n) is 7.83. The molecule has 2 aromatic rings. The highest BCUT2D eigenvalue weighted by molar-refractivity contribution is 5.92. The van der Waals surface area contributed by atoms with E-state index >= 15 is 0 Å². The van der Waals surface area contributed by atoms with Gasteiger partial charge in [0.05, 0.1) is 24.0 Å². The van der Waals surface area contributed by atoms with Crippen LogP contribution in [0.4, 0.5) is 18.9 Å². The van der Waals surface area contributed by atoms with E-state index in [1.807, 2.05) is 13.8 Å². The van der Waals surface area contributed by atoms with Gasteiger partial charge in [-0.05, 0) is 30.5 Å². The molecule has 2 rings (SSSR count). The minimum Gasteiger partial charge on any atom is -0.323 e. The number of nitrogens with zero attached hydrogens (tertiary/aromatic N) is 2. The first-order valence-corrected chi connectivity index (χ1v) is 7.83. The summed E-state index contributed by atoms with van der Waals surface area (Å²) in [6.07, 6.45) is 0.240. The summed E-state index contributed by atoms with van der Waals surface area (Å²) >= 11 is 0. The third-order valence-corrected chi connectivity index (χ3v) is 3.86. The molecule has 24 heavy (non-hydrogen) atoms. The number of aromatic nitrogens is 2. The van der Waals surface area contributed by atoms with Crippen LogP contribution in [0.2, 0.25) is 0 Å². The summed E-state index contributed by atoms with van der Waals surface area (Å²) in [5.41, 5.74) is 0.346. The molecule has 1 heterocycles. The van der Waals surface area contributed by atoms with Crippen molar-refractivity contribution >= 4 is 11.6 Å². The lowest BCUT2D eigenvalue weighted by Crippen LogP contribution is -2.21. The van der Waals surface area contributed by atoms with Crippen molar-refractivity contribution in [1.29, 1.82) is 0 Å². The van der Waals surface area contributed by atoms with Crippen LogP contribution in [0.3, 0.4) is 0 Å². The number of hydrogen-bond acceptors (Lipinski definition) is 2. The molecule has 7 heteroatoms. The molecule has 0 spiro atoms. The van der Waals surface area contributed by atoms with E-state index in [0.29, 0.717) is 11.3 Å². The van der Waals surface area contributed by atoms with Gasteiger partial charge in [-0.15, -0.1) is 0 Å². The Kier molecular flexibility index (Phi) is 5.64. The molecule has 0 unspecified atom stereocenters. The third-order valence-electron chi connectivity index (χ3n) is 3.86. The van der Waals surface area contributed by atoms with Crippen molar-refractivity contribution in [3.8, 4) is 0 Å². The minimum atomic E-state index is -4.37. The van der Waals surface area contributed by atoms with Gasteiger partial charge in [-0.1, -0.05) is 26.0 Å². The molecule has 0 radical (unpaired) electrons. The van der Waals surface area contributed by atoms with E-state index in [2.05, 4.69) is 10.4 Å². The minimum absolute atomic E-state index is 0.0585. The van der Waals surface area contributed by atoms with Crippen LogP contribution < -0.4 is 5.32 Å². The third kappa shape index (κ3) is 4.59. The van der Waals surface area contributed by atoms with E-state index in [9.17, 15) is 18.0 Å². The average molecular weight is 339 g/mol. The SMILES string of the molecule is CCC(CC)C(=O)Nc1cnn(Cc2cccc(C(F)(F)F)c2)c1. The first-order chi connectivity index (χ1) is 11.3. The average Bonchev–Trinajstić information content (AvgIpc) is 2.95. The number of benzene rings is 1. The van der Waals surface area contributed by atoms with E-state index in [4.69, 9.17) is 0 Å². The van der Waals surface area contributed by atoms with Crippen LogP contribution in [0.25, 0.3) is 0 Å². The van der Waals surface area contributed by atoms with Gasteiger partial charge in [-0.2, -0.15) is 18.3 Å². The molecule has 130 valence electrons. The topological polar surface area (TPSA) is 46.9 Å².